The van der Waals surface area contributed by atoms with Gasteiger partial charge in [-0.3, -0.25) is 4.79 Å². The Labute approximate surface area is 106 Å². The molecular weight excluding hydrogens is 327 g/mol. The van der Waals surface area contributed by atoms with E-state index in [4.69, 9.17) is 5.73 Å². The normalized spacial score (nSPS) is 11.9. The second kappa shape index (κ2) is 5.17. The van der Waals surface area contributed by atoms with Crippen LogP contribution in [0.1, 0.15) is 33.6 Å². The standard InChI is InChI=1S/C9H6BrF5N2O/c10-1-3-4(7(11)12)2-17-6(8(16)18)5(3)9(13,14)15/h2,7H,1H2,(H2,16,18). The van der Waals surface area contributed by atoms with Gasteiger partial charge in [0.1, 0.15) is 5.69 Å². The van der Waals surface area contributed by atoms with Crippen LogP contribution < -0.4 is 5.73 Å². The fraction of sp³-hybridized carbons (Fsp3) is 0.333. The molecule has 2 N–H and O–H groups in total. The second-order valence-electron chi connectivity index (χ2n) is 3.21. The van der Waals surface area contributed by atoms with Gasteiger partial charge >= 0.3 is 6.18 Å². The molecule has 0 aliphatic rings. The summed E-state index contributed by atoms with van der Waals surface area (Å²) in [6, 6.07) is 0. The number of aromatic nitrogens is 1. The number of hydrogen-bond donors (Lipinski definition) is 1. The predicted octanol–water partition coefficient (Wildman–Crippen LogP) is 3.03. The van der Waals surface area contributed by atoms with Crippen molar-refractivity contribution >= 4 is 21.8 Å². The first-order valence-corrected chi connectivity index (χ1v) is 5.55. The van der Waals surface area contributed by atoms with Gasteiger partial charge in [-0.2, -0.15) is 13.2 Å². The zero-order valence-corrected chi connectivity index (χ0v) is 10.1. The molecule has 18 heavy (non-hydrogen) atoms. The maximum atomic E-state index is 12.8. The lowest BCUT2D eigenvalue weighted by atomic mass is 10.0. The number of nitrogens with two attached hydrogens (primary N) is 1. The summed E-state index contributed by atoms with van der Waals surface area (Å²) in [7, 11) is 0. The average Bonchev–Trinajstić information content (AvgIpc) is 2.25. The van der Waals surface area contributed by atoms with E-state index < -0.39 is 46.2 Å². The Morgan fingerprint density at radius 1 is 1.44 bits per heavy atom. The monoisotopic (exact) mass is 332 g/mol. The zero-order valence-electron chi connectivity index (χ0n) is 8.56. The van der Waals surface area contributed by atoms with Gasteiger partial charge in [-0.1, -0.05) is 15.9 Å². The molecule has 0 spiro atoms. The van der Waals surface area contributed by atoms with Gasteiger partial charge in [0, 0.05) is 17.1 Å². The van der Waals surface area contributed by atoms with Crippen LogP contribution in [0.2, 0.25) is 0 Å². The third-order valence-electron chi connectivity index (χ3n) is 2.11. The minimum Gasteiger partial charge on any atom is -0.364 e. The van der Waals surface area contributed by atoms with E-state index in [9.17, 15) is 26.7 Å². The Morgan fingerprint density at radius 2 is 2.00 bits per heavy atom. The first-order chi connectivity index (χ1) is 8.20. The second-order valence-corrected chi connectivity index (χ2v) is 3.77. The van der Waals surface area contributed by atoms with Crippen molar-refractivity contribution in [2.24, 2.45) is 5.73 Å². The summed E-state index contributed by atoms with van der Waals surface area (Å²) in [5.41, 5.74) is 0.545. The van der Waals surface area contributed by atoms with Gasteiger partial charge in [-0.15, -0.1) is 0 Å². The molecule has 0 atom stereocenters. The Hall–Kier alpha value is -1.25. The number of carbonyl (C=O) groups is 1. The van der Waals surface area contributed by atoms with Gasteiger partial charge in [-0.25, -0.2) is 13.8 Å². The molecule has 1 rings (SSSR count). The summed E-state index contributed by atoms with van der Waals surface area (Å²) in [5, 5.41) is -0.496. The molecule has 0 saturated heterocycles. The fourth-order valence-electron chi connectivity index (χ4n) is 1.39. The predicted molar refractivity (Wildman–Crippen MR) is 55.3 cm³/mol. The van der Waals surface area contributed by atoms with Crippen molar-refractivity contribution in [2.45, 2.75) is 17.9 Å². The van der Waals surface area contributed by atoms with Crippen LogP contribution in [0.4, 0.5) is 22.0 Å². The Morgan fingerprint density at radius 3 is 2.33 bits per heavy atom. The molecule has 3 nitrogen and oxygen atoms in total. The molecule has 0 radical (unpaired) electrons. The number of halogens is 6. The number of pyridine rings is 1. The van der Waals surface area contributed by atoms with Crippen molar-refractivity contribution in [3.05, 3.63) is 28.6 Å². The number of alkyl halides is 6. The molecule has 9 heteroatoms. The lowest BCUT2D eigenvalue weighted by Crippen LogP contribution is -2.23. The molecule has 1 heterocycles. The van der Waals surface area contributed by atoms with Crippen LogP contribution in [0.15, 0.2) is 6.20 Å². The maximum absolute atomic E-state index is 12.8. The summed E-state index contributed by atoms with van der Waals surface area (Å²) in [6.45, 7) is 0. The largest absolute Gasteiger partial charge is 0.419 e. The van der Waals surface area contributed by atoms with E-state index in [1.54, 1.807) is 0 Å². The van der Waals surface area contributed by atoms with E-state index in [-0.39, 0.29) is 0 Å². The highest BCUT2D eigenvalue weighted by Gasteiger charge is 2.40. The number of rotatable bonds is 3. The van der Waals surface area contributed by atoms with E-state index in [1.807, 2.05) is 0 Å². The van der Waals surface area contributed by atoms with Crippen LogP contribution in [0.25, 0.3) is 0 Å². The van der Waals surface area contributed by atoms with E-state index in [0.29, 0.717) is 6.20 Å². The van der Waals surface area contributed by atoms with Crippen LogP contribution in [0.3, 0.4) is 0 Å². The molecule has 1 aromatic rings. The first kappa shape index (κ1) is 14.8. The van der Waals surface area contributed by atoms with Crippen molar-refractivity contribution in [2.75, 3.05) is 0 Å². The fourth-order valence-corrected chi connectivity index (χ4v) is 1.99. The molecular formula is C9H6BrF5N2O. The number of hydrogen-bond acceptors (Lipinski definition) is 2. The molecule has 0 aliphatic heterocycles. The number of nitrogens with zero attached hydrogens (tertiary/aromatic N) is 1. The molecule has 0 aliphatic carbocycles. The van der Waals surface area contributed by atoms with Crippen molar-refractivity contribution in [3.63, 3.8) is 0 Å². The van der Waals surface area contributed by atoms with E-state index >= 15 is 0 Å². The zero-order chi connectivity index (χ0) is 14.1. The van der Waals surface area contributed by atoms with Gasteiger partial charge in [0.25, 0.3) is 12.3 Å². The van der Waals surface area contributed by atoms with Crippen molar-refractivity contribution < 1.29 is 26.7 Å². The highest BCUT2D eigenvalue weighted by Crippen LogP contribution is 2.38. The summed E-state index contributed by atoms with van der Waals surface area (Å²) < 4.78 is 63.5. The molecule has 0 bridgehead atoms. The average molecular weight is 333 g/mol. The molecule has 1 amide bonds. The Bertz CT molecular complexity index is 475. The van der Waals surface area contributed by atoms with Crippen LogP contribution in [-0.4, -0.2) is 10.9 Å². The van der Waals surface area contributed by atoms with Crippen LogP contribution >= 0.6 is 15.9 Å². The Kier molecular flexibility index (Phi) is 4.25. The summed E-state index contributed by atoms with van der Waals surface area (Å²) in [6.07, 6.45) is -7.60. The molecule has 0 aromatic carbocycles. The first-order valence-electron chi connectivity index (χ1n) is 4.43. The van der Waals surface area contributed by atoms with E-state index in [2.05, 4.69) is 20.9 Å². The minimum atomic E-state index is -4.99. The van der Waals surface area contributed by atoms with Crippen molar-refractivity contribution in [1.29, 1.82) is 0 Å². The maximum Gasteiger partial charge on any atom is 0.419 e. The number of amides is 1. The van der Waals surface area contributed by atoms with Crippen LogP contribution in [0.5, 0.6) is 0 Å². The van der Waals surface area contributed by atoms with Gasteiger partial charge in [0.2, 0.25) is 0 Å². The molecule has 0 fully saturated rings. The molecule has 0 unspecified atom stereocenters. The third kappa shape index (κ3) is 2.77. The highest BCUT2D eigenvalue weighted by molar-refractivity contribution is 9.08. The number of carbonyl (C=O) groups excluding carboxylic acids is 1. The highest BCUT2D eigenvalue weighted by atomic mass is 79.9. The number of primary amides is 1. The lowest BCUT2D eigenvalue weighted by molar-refractivity contribution is -0.138. The van der Waals surface area contributed by atoms with Gasteiger partial charge in [-0.05, 0) is 5.56 Å². The van der Waals surface area contributed by atoms with Gasteiger partial charge < -0.3 is 5.73 Å². The van der Waals surface area contributed by atoms with Gasteiger partial charge in [0.15, 0.2) is 0 Å². The van der Waals surface area contributed by atoms with Crippen LogP contribution in [-0.2, 0) is 11.5 Å². The minimum absolute atomic E-state index is 0.496. The molecule has 0 saturated carbocycles. The lowest BCUT2D eigenvalue weighted by Gasteiger charge is -2.17. The van der Waals surface area contributed by atoms with E-state index in [0.717, 1.165) is 0 Å². The third-order valence-corrected chi connectivity index (χ3v) is 2.67. The van der Waals surface area contributed by atoms with Gasteiger partial charge in [0.05, 0.1) is 5.56 Å². The summed E-state index contributed by atoms with van der Waals surface area (Å²) in [4.78, 5) is 14.0. The SMILES string of the molecule is NC(=O)c1ncc(C(F)F)c(CBr)c1C(F)(F)F. The molecule has 1 aromatic heterocycles. The Balaban J connectivity index is 3.67. The van der Waals surface area contributed by atoms with Crippen molar-refractivity contribution in [1.82, 2.24) is 4.98 Å². The van der Waals surface area contributed by atoms with Crippen LogP contribution in [0, 0.1) is 0 Å². The molecule has 100 valence electrons. The smallest absolute Gasteiger partial charge is 0.364 e. The summed E-state index contributed by atoms with van der Waals surface area (Å²) >= 11 is 2.69. The van der Waals surface area contributed by atoms with Crippen molar-refractivity contribution in [3.8, 4) is 0 Å². The topological polar surface area (TPSA) is 56.0 Å². The quantitative estimate of drug-likeness (QED) is 0.683. The van der Waals surface area contributed by atoms with E-state index in [1.165, 1.54) is 0 Å². The summed E-state index contributed by atoms with van der Waals surface area (Å²) in [5.74, 6) is -1.43.